The Balaban J connectivity index is 2.58. The van der Waals surface area contributed by atoms with E-state index >= 15 is 0 Å². The second-order valence-corrected chi connectivity index (χ2v) is 4.03. The van der Waals surface area contributed by atoms with Crippen molar-refractivity contribution in [3.8, 4) is 0 Å². The molecule has 0 bridgehead atoms. The van der Waals surface area contributed by atoms with Crippen molar-refractivity contribution in [3.63, 3.8) is 0 Å². The van der Waals surface area contributed by atoms with Crippen molar-refractivity contribution in [1.29, 1.82) is 0 Å². The van der Waals surface area contributed by atoms with E-state index in [9.17, 15) is 5.11 Å². The van der Waals surface area contributed by atoms with Crippen LogP contribution in [-0.2, 0) is 0 Å². The molecule has 0 saturated carbocycles. The van der Waals surface area contributed by atoms with E-state index in [0.717, 1.165) is 5.69 Å². The fourth-order valence-electron chi connectivity index (χ4n) is 0.946. The molecule has 0 aliphatic rings. The lowest BCUT2D eigenvalue weighted by molar-refractivity contribution is 0.211. The largest absolute Gasteiger partial charge is 0.390 e. The molecular formula is C9H10Cl3NO. The Morgan fingerprint density at radius 2 is 1.79 bits per heavy atom. The maximum Gasteiger partial charge on any atom is 0.0847 e. The molecule has 0 aliphatic heterocycles. The van der Waals surface area contributed by atoms with Crippen LogP contribution < -0.4 is 5.32 Å². The highest BCUT2D eigenvalue weighted by Gasteiger charge is 2.02. The second-order valence-electron chi connectivity index (χ2n) is 2.85. The molecule has 2 N–H and O–H groups in total. The molecule has 14 heavy (non-hydrogen) atoms. The van der Waals surface area contributed by atoms with Gasteiger partial charge in [0.25, 0.3) is 0 Å². The van der Waals surface area contributed by atoms with Crippen molar-refractivity contribution in [1.82, 2.24) is 0 Å². The maximum atomic E-state index is 9.20. The lowest BCUT2D eigenvalue weighted by atomic mass is 10.3. The topological polar surface area (TPSA) is 32.3 Å². The zero-order valence-corrected chi connectivity index (χ0v) is 9.57. The van der Waals surface area contributed by atoms with Crippen molar-refractivity contribution in [3.05, 3.63) is 28.2 Å². The van der Waals surface area contributed by atoms with Crippen LogP contribution in [0.4, 0.5) is 5.69 Å². The summed E-state index contributed by atoms with van der Waals surface area (Å²) in [6, 6.07) is 5.11. The van der Waals surface area contributed by atoms with Crippen molar-refractivity contribution < 1.29 is 5.11 Å². The van der Waals surface area contributed by atoms with Gasteiger partial charge in [-0.15, -0.1) is 11.6 Å². The third kappa shape index (κ3) is 3.93. The minimum Gasteiger partial charge on any atom is -0.390 e. The Kier molecular flexibility index (Phi) is 4.82. The Bertz CT molecular complexity index is 286. The number of hydrogen-bond acceptors (Lipinski definition) is 2. The lowest BCUT2D eigenvalue weighted by Gasteiger charge is -2.10. The first kappa shape index (κ1) is 11.9. The summed E-state index contributed by atoms with van der Waals surface area (Å²) in [5.41, 5.74) is 0.770. The van der Waals surface area contributed by atoms with Crippen LogP contribution in [-0.4, -0.2) is 23.6 Å². The average molecular weight is 255 g/mol. The SMILES string of the molecule is OC(CCl)CNc1cc(Cl)cc(Cl)c1. The van der Waals surface area contributed by atoms with Crippen LogP contribution >= 0.6 is 34.8 Å². The molecule has 1 aromatic carbocycles. The van der Waals surface area contributed by atoms with Crippen molar-refractivity contribution in [2.24, 2.45) is 0 Å². The number of aliphatic hydroxyl groups excluding tert-OH is 1. The predicted octanol–water partition coefficient (Wildman–Crippen LogP) is 3.01. The van der Waals surface area contributed by atoms with Crippen molar-refractivity contribution in [2.45, 2.75) is 6.10 Å². The van der Waals surface area contributed by atoms with Gasteiger partial charge in [-0.1, -0.05) is 23.2 Å². The number of benzene rings is 1. The molecule has 1 unspecified atom stereocenters. The number of hydrogen-bond donors (Lipinski definition) is 2. The normalized spacial score (nSPS) is 12.6. The van der Waals surface area contributed by atoms with Crippen LogP contribution in [0.5, 0.6) is 0 Å². The Morgan fingerprint density at radius 3 is 2.29 bits per heavy atom. The summed E-state index contributed by atoms with van der Waals surface area (Å²) in [5, 5.41) is 13.3. The number of anilines is 1. The number of halogens is 3. The second kappa shape index (κ2) is 5.66. The van der Waals surface area contributed by atoms with Gasteiger partial charge in [0, 0.05) is 22.3 Å². The van der Waals surface area contributed by atoms with E-state index < -0.39 is 6.10 Å². The van der Waals surface area contributed by atoms with E-state index in [1.807, 2.05) is 0 Å². The lowest BCUT2D eigenvalue weighted by Crippen LogP contribution is -2.20. The summed E-state index contributed by atoms with van der Waals surface area (Å²) >= 11 is 17.0. The number of alkyl halides is 1. The highest BCUT2D eigenvalue weighted by molar-refractivity contribution is 6.35. The molecule has 0 saturated heterocycles. The van der Waals surface area contributed by atoms with Gasteiger partial charge in [0.05, 0.1) is 12.0 Å². The quantitative estimate of drug-likeness (QED) is 0.810. The number of aliphatic hydroxyl groups is 1. The van der Waals surface area contributed by atoms with Crippen molar-refractivity contribution >= 4 is 40.5 Å². The van der Waals surface area contributed by atoms with Gasteiger partial charge in [0.2, 0.25) is 0 Å². The molecule has 0 amide bonds. The summed E-state index contributed by atoms with van der Waals surface area (Å²) in [6.07, 6.45) is -0.575. The molecule has 0 heterocycles. The summed E-state index contributed by atoms with van der Waals surface area (Å²) in [4.78, 5) is 0. The van der Waals surface area contributed by atoms with Crippen LogP contribution in [0.3, 0.4) is 0 Å². The summed E-state index contributed by atoms with van der Waals surface area (Å²) < 4.78 is 0. The molecule has 78 valence electrons. The predicted molar refractivity (Wildman–Crippen MR) is 61.7 cm³/mol. The van der Waals surface area contributed by atoms with Crippen molar-refractivity contribution in [2.75, 3.05) is 17.7 Å². The summed E-state index contributed by atoms with van der Waals surface area (Å²) in [6.45, 7) is 0.375. The van der Waals surface area contributed by atoms with E-state index in [2.05, 4.69) is 5.32 Å². The Morgan fingerprint density at radius 1 is 1.21 bits per heavy atom. The van der Waals surface area contributed by atoms with Crippen LogP contribution in [0.2, 0.25) is 10.0 Å². The standard InChI is InChI=1S/C9H10Cl3NO/c10-4-9(14)5-13-8-2-6(11)1-7(12)3-8/h1-3,9,13-14H,4-5H2. The first-order valence-electron chi connectivity index (χ1n) is 4.06. The Hall–Kier alpha value is -0.150. The summed E-state index contributed by atoms with van der Waals surface area (Å²) in [5.74, 6) is 0.196. The van der Waals surface area contributed by atoms with Gasteiger partial charge in [-0.2, -0.15) is 0 Å². The number of rotatable bonds is 4. The third-order valence-electron chi connectivity index (χ3n) is 1.58. The van der Waals surface area contributed by atoms with E-state index in [-0.39, 0.29) is 5.88 Å². The third-order valence-corrected chi connectivity index (χ3v) is 2.38. The highest BCUT2D eigenvalue weighted by atomic mass is 35.5. The van der Waals surface area contributed by atoms with E-state index in [0.29, 0.717) is 16.6 Å². The average Bonchev–Trinajstić information content (AvgIpc) is 2.12. The van der Waals surface area contributed by atoms with E-state index in [1.54, 1.807) is 18.2 Å². The van der Waals surface area contributed by atoms with Gasteiger partial charge in [-0.3, -0.25) is 0 Å². The van der Waals surface area contributed by atoms with Gasteiger partial charge in [0.15, 0.2) is 0 Å². The van der Waals surface area contributed by atoms with Gasteiger partial charge in [0.1, 0.15) is 0 Å². The molecule has 5 heteroatoms. The summed E-state index contributed by atoms with van der Waals surface area (Å²) in [7, 11) is 0. The van der Waals surface area contributed by atoms with Gasteiger partial charge < -0.3 is 10.4 Å². The fourth-order valence-corrected chi connectivity index (χ4v) is 1.58. The molecule has 1 atom stereocenters. The molecule has 0 spiro atoms. The van der Waals surface area contributed by atoms with E-state index in [1.165, 1.54) is 0 Å². The fraction of sp³-hybridized carbons (Fsp3) is 0.333. The van der Waals surface area contributed by atoms with Crippen LogP contribution in [0.25, 0.3) is 0 Å². The van der Waals surface area contributed by atoms with Gasteiger partial charge in [-0.05, 0) is 18.2 Å². The first-order chi connectivity index (χ1) is 6.61. The smallest absolute Gasteiger partial charge is 0.0847 e. The molecule has 1 aromatic rings. The highest BCUT2D eigenvalue weighted by Crippen LogP contribution is 2.22. The van der Waals surface area contributed by atoms with Crippen LogP contribution in [0.15, 0.2) is 18.2 Å². The Labute approximate surface area is 97.8 Å². The molecule has 0 fully saturated rings. The van der Waals surface area contributed by atoms with Gasteiger partial charge >= 0.3 is 0 Å². The maximum absolute atomic E-state index is 9.20. The molecule has 2 nitrogen and oxygen atoms in total. The first-order valence-corrected chi connectivity index (χ1v) is 5.35. The molecule has 0 aromatic heterocycles. The molecule has 0 aliphatic carbocycles. The molecule has 1 rings (SSSR count). The number of nitrogens with one attached hydrogen (secondary N) is 1. The zero-order valence-electron chi connectivity index (χ0n) is 7.30. The molecule has 0 radical (unpaired) electrons. The minimum atomic E-state index is -0.575. The minimum absolute atomic E-state index is 0.196. The molecular weight excluding hydrogens is 244 g/mol. The zero-order chi connectivity index (χ0) is 10.6. The van der Waals surface area contributed by atoms with Gasteiger partial charge in [-0.25, -0.2) is 0 Å². The monoisotopic (exact) mass is 253 g/mol. The van der Waals surface area contributed by atoms with Crippen LogP contribution in [0, 0.1) is 0 Å². The van der Waals surface area contributed by atoms with Crippen LogP contribution in [0.1, 0.15) is 0 Å². The van der Waals surface area contributed by atoms with E-state index in [4.69, 9.17) is 34.8 Å².